The summed E-state index contributed by atoms with van der Waals surface area (Å²) in [5.74, 6) is 0. The third-order valence-corrected chi connectivity index (χ3v) is 0.819. The number of hydrogen-bond donors (Lipinski definition) is 1. The van der Waals surface area contributed by atoms with Crippen LogP contribution in [-0.2, 0) is 0 Å². The van der Waals surface area contributed by atoms with Crippen LogP contribution < -0.4 is 5.73 Å². The maximum absolute atomic E-state index is 12.2. The van der Waals surface area contributed by atoms with Crippen molar-refractivity contribution in [2.75, 3.05) is 27.2 Å². The van der Waals surface area contributed by atoms with Gasteiger partial charge in [0.15, 0.2) is 0 Å². The quantitative estimate of drug-likeness (QED) is 0.636. The average Bonchev–Trinajstić information content (AvgIpc) is 1.65. The van der Waals surface area contributed by atoms with Crippen molar-refractivity contribution in [2.24, 2.45) is 5.73 Å². The first-order chi connectivity index (χ1) is 3.66. The summed E-state index contributed by atoms with van der Waals surface area (Å²) in [6.45, 7) is 0.550. The minimum absolute atomic E-state index is 0. The van der Waals surface area contributed by atoms with Gasteiger partial charge in [0, 0.05) is 13.1 Å². The van der Waals surface area contributed by atoms with Crippen LogP contribution in [0.5, 0.6) is 0 Å². The molecule has 0 amide bonds. The molecule has 2 nitrogen and oxygen atoms in total. The topological polar surface area (TPSA) is 29.3 Å². The second kappa shape index (κ2) is 6.26. The maximum atomic E-state index is 12.2. The Kier molecular flexibility index (Phi) is 8.27. The fourth-order valence-corrected chi connectivity index (χ4v) is 0.471. The summed E-state index contributed by atoms with van der Waals surface area (Å²) in [6, 6.07) is 0. The second-order valence-corrected chi connectivity index (χ2v) is 2.10. The van der Waals surface area contributed by atoms with E-state index in [9.17, 15) is 4.39 Å². The van der Waals surface area contributed by atoms with Crippen molar-refractivity contribution in [3.63, 3.8) is 0 Å². The molecule has 0 saturated carbocycles. The lowest BCUT2D eigenvalue weighted by Crippen LogP contribution is -2.28. The van der Waals surface area contributed by atoms with Crippen LogP contribution in [0.1, 0.15) is 0 Å². The lowest BCUT2D eigenvalue weighted by Gasteiger charge is -2.10. The summed E-state index contributed by atoms with van der Waals surface area (Å²) >= 11 is 0. The predicted octanol–water partition coefficient (Wildman–Crippen LogP) is 0.267. The highest BCUT2D eigenvalue weighted by molar-refractivity contribution is 5.85. The van der Waals surface area contributed by atoms with E-state index >= 15 is 0 Å². The molecule has 0 aromatic heterocycles. The molecule has 0 aliphatic rings. The SMILES string of the molecule is CN(C)CC(F)CN.Cl. The molecule has 1 atom stereocenters. The van der Waals surface area contributed by atoms with E-state index in [0.717, 1.165) is 0 Å². The first-order valence-electron chi connectivity index (χ1n) is 2.65. The van der Waals surface area contributed by atoms with Crippen molar-refractivity contribution in [1.82, 2.24) is 4.90 Å². The largest absolute Gasteiger partial charge is 0.328 e. The van der Waals surface area contributed by atoms with E-state index in [4.69, 9.17) is 5.73 Å². The van der Waals surface area contributed by atoms with Crippen molar-refractivity contribution in [3.05, 3.63) is 0 Å². The van der Waals surface area contributed by atoms with Gasteiger partial charge in [-0.2, -0.15) is 0 Å². The van der Waals surface area contributed by atoms with Crippen LogP contribution in [0.2, 0.25) is 0 Å². The molecule has 0 bridgehead atoms. The molecular formula is C5H14ClFN2. The smallest absolute Gasteiger partial charge is 0.125 e. The summed E-state index contributed by atoms with van der Waals surface area (Å²) in [6.07, 6.45) is -0.870. The Morgan fingerprint density at radius 3 is 2.11 bits per heavy atom. The molecule has 0 rings (SSSR count). The Bertz CT molecular complexity index is 60.9. The van der Waals surface area contributed by atoms with E-state index in [2.05, 4.69) is 0 Å². The van der Waals surface area contributed by atoms with Gasteiger partial charge in [-0.05, 0) is 14.1 Å². The third-order valence-electron chi connectivity index (χ3n) is 0.819. The second-order valence-electron chi connectivity index (χ2n) is 2.10. The van der Waals surface area contributed by atoms with Crippen LogP contribution in [0.3, 0.4) is 0 Å². The molecule has 0 aliphatic heterocycles. The lowest BCUT2D eigenvalue weighted by atomic mass is 10.4. The summed E-state index contributed by atoms with van der Waals surface area (Å²) in [4.78, 5) is 1.78. The standard InChI is InChI=1S/C5H13FN2.ClH/c1-8(2)4-5(6)3-7;/h5H,3-4,7H2,1-2H3;1H. The van der Waals surface area contributed by atoms with E-state index < -0.39 is 6.17 Å². The van der Waals surface area contributed by atoms with Gasteiger partial charge in [0.1, 0.15) is 6.17 Å². The zero-order valence-electron chi connectivity index (χ0n) is 5.80. The Balaban J connectivity index is 0. The summed E-state index contributed by atoms with van der Waals surface area (Å²) in [5, 5.41) is 0. The Hall–Kier alpha value is 0.140. The zero-order chi connectivity index (χ0) is 6.57. The molecule has 0 aliphatic carbocycles. The fraction of sp³-hybridized carbons (Fsp3) is 1.00. The Morgan fingerprint density at radius 1 is 1.56 bits per heavy atom. The molecule has 1 unspecified atom stereocenters. The number of nitrogens with two attached hydrogens (primary N) is 1. The monoisotopic (exact) mass is 156 g/mol. The normalized spacial score (nSPS) is 13.0. The van der Waals surface area contributed by atoms with Crippen molar-refractivity contribution in [3.8, 4) is 0 Å². The van der Waals surface area contributed by atoms with Crippen molar-refractivity contribution in [1.29, 1.82) is 0 Å². The van der Waals surface area contributed by atoms with Gasteiger partial charge in [-0.25, -0.2) is 4.39 Å². The van der Waals surface area contributed by atoms with Crippen LogP contribution in [0.15, 0.2) is 0 Å². The van der Waals surface area contributed by atoms with Crippen molar-refractivity contribution < 1.29 is 4.39 Å². The first kappa shape index (κ1) is 11.9. The Labute approximate surface area is 61.6 Å². The lowest BCUT2D eigenvalue weighted by molar-refractivity contribution is 0.253. The van der Waals surface area contributed by atoms with Gasteiger partial charge in [-0.3, -0.25) is 0 Å². The minimum Gasteiger partial charge on any atom is -0.328 e. The van der Waals surface area contributed by atoms with Gasteiger partial charge < -0.3 is 10.6 Å². The van der Waals surface area contributed by atoms with Gasteiger partial charge in [0.2, 0.25) is 0 Å². The van der Waals surface area contributed by atoms with Crippen LogP contribution >= 0.6 is 12.4 Å². The molecule has 0 fully saturated rings. The number of alkyl halides is 1. The van der Waals surface area contributed by atoms with Gasteiger partial charge in [-0.15, -0.1) is 12.4 Å². The van der Waals surface area contributed by atoms with Crippen LogP contribution in [0.25, 0.3) is 0 Å². The van der Waals surface area contributed by atoms with E-state index in [1.165, 1.54) is 0 Å². The average molecular weight is 157 g/mol. The number of hydrogen-bond acceptors (Lipinski definition) is 2. The highest BCUT2D eigenvalue weighted by Crippen LogP contribution is 1.87. The van der Waals surface area contributed by atoms with Gasteiger partial charge in [0.25, 0.3) is 0 Å². The predicted molar refractivity (Wildman–Crippen MR) is 39.8 cm³/mol. The molecular weight excluding hydrogens is 143 g/mol. The van der Waals surface area contributed by atoms with Crippen LogP contribution in [0, 0.1) is 0 Å². The Morgan fingerprint density at radius 2 is 2.00 bits per heavy atom. The molecule has 0 spiro atoms. The van der Waals surface area contributed by atoms with Crippen LogP contribution in [-0.4, -0.2) is 38.3 Å². The number of nitrogens with zero attached hydrogens (tertiary/aromatic N) is 1. The van der Waals surface area contributed by atoms with Crippen molar-refractivity contribution >= 4 is 12.4 Å². The molecule has 0 saturated heterocycles. The minimum atomic E-state index is -0.870. The summed E-state index contributed by atoms with van der Waals surface area (Å²) in [5.41, 5.74) is 5.02. The molecule has 0 aromatic carbocycles. The van der Waals surface area contributed by atoms with Gasteiger partial charge in [-0.1, -0.05) is 0 Å². The van der Waals surface area contributed by atoms with E-state index in [1.54, 1.807) is 4.90 Å². The highest BCUT2D eigenvalue weighted by atomic mass is 35.5. The zero-order valence-corrected chi connectivity index (χ0v) is 6.62. The summed E-state index contributed by atoms with van der Waals surface area (Å²) in [7, 11) is 3.64. The van der Waals surface area contributed by atoms with E-state index in [1.807, 2.05) is 14.1 Å². The number of halogens is 2. The van der Waals surface area contributed by atoms with E-state index in [-0.39, 0.29) is 19.0 Å². The third kappa shape index (κ3) is 8.14. The maximum Gasteiger partial charge on any atom is 0.125 e. The van der Waals surface area contributed by atoms with Crippen LogP contribution in [0.4, 0.5) is 4.39 Å². The molecule has 0 aromatic rings. The van der Waals surface area contributed by atoms with Gasteiger partial charge in [0.05, 0.1) is 0 Å². The molecule has 9 heavy (non-hydrogen) atoms. The molecule has 2 N–H and O–H groups in total. The molecule has 0 heterocycles. The van der Waals surface area contributed by atoms with Gasteiger partial charge >= 0.3 is 0 Å². The van der Waals surface area contributed by atoms with Crippen molar-refractivity contribution in [2.45, 2.75) is 6.17 Å². The number of rotatable bonds is 3. The molecule has 4 heteroatoms. The molecule has 0 radical (unpaired) electrons. The summed E-state index contributed by atoms with van der Waals surface area (Å²) < 4.78 is 12.2. The first-order valence-corrected chi connectivity index (χ1v) is 2.65. The highest BCUT2D eigenvalue weighted by Gasteiger charge is 2.02. The van der Waals surface area contributed by atoms with E-state index in [0.29, 0.717) is 6.54 Å². The fourth-order valence-electron chi connectivity index (χ4n) is 0.471. The molecule has 58 valence electrons.